The molecule has 6 nitrogen and oxygen atoms in total. The highest BCUT2D eigenvalue weighted by Crippen LogP contribution is 2.01. The highest BCUT2D eigenvalue weighted by Gasteiger charge is 2.02. The lowest BCUT2D eigenvalue weighted by molar-refractivity contribution is 0.781. The molecular weight excluding hydrogens is 144 g/mol. The minimum absolute atomic E-state index is 0.403. The number of aromatic nitrogens is 5. The van der Waals surface area contributed by atoms with Crippen LogP contribution in [0, 0.1) is 11.3 Å². The van der Waals surface area contributed by atoms with Crippen LogP contribution < -0.4 is 0 Å². The number of fused-ring (bicyclic) bond motifs is 1. The minimum Gasteiger partial charge on any atom is -0.199 e. The summed E-state index contributed by atoms with van der Waals surface area (Å²) in [6.45, 7) is 0. The smallest absolute Gasteiger partial charge is 0.198 e. The Balaban J connectivity index is 2.89. The predicted molar refractivity (Wildman–Crippen MR) is 33.3 cm³/mol. The second-order valence-electron chi connectivity index (χ2n) is 1.86. The van der Waals surface area contributed by atoms with E-state index in [1.165, 1.54) is 17.0 Å². The molecule has 0 aliphatic heterocycles. The first-order valence-electron chi connectivity index (χ1n) is 2.83. The summed E-state index contributed by atoms with van der Waals surface area (Å²) in [4.78, 5) is 0. The molecular formula is C5H2N6. The van der Waals surface area contributed by atoms with E-state index in [4.69, 9.17) is 5.26 Å². The summed E-state index contributed by atoms with van der Waals surface area (Å²) in [5.74, 6) is 0. The van der Waals surface area contributed by atoms with Crippen molar-refractivity contribution in [2.45, 2.75) is 0 Å². The molecule has 0 radical (unpaired) electrons. The van der Waals surface area contributed by atoms with E-state index in [1.54, 1.807) is 0 Å². The van der Waals surface area contributed by atoms with Crippen molar-refractivity contribution in [3.63, 3.8) is 0 Å². The van der Waals surface area contributed by atoms with Gasteiger partial charge in [0.25, 0.3) is 0 Å². The second kappa shape index (κ2) is 1.98. The van der Waals surface area contributed by atoms with Gasteiger partial charge in [-0.05, 0) is 5.21 Å². The van der Waals surface area contributed by atoms with Gasteiger partial charge >= 0.3 is 0 Å². The summed E-state index contributed by atoms with van der Waals surface area (Å²) in [7, 11) is 0. The van der Waals surface area contributed by atoms with E-state index in [-0.39, 0.29) is 0 Å². The van der Waals surface area contributed by atoms with Gasteiger partial charge in [0.1, 0.15) is 18.0 Å². The van der Waals surface area contributed by atoms with Gasteiger partial charge in [0, 0.05) is 0 Å². The number of hydrogen-bond donors (Lipinski definition) is 0. The van der Waals surface area contributed by atoms with E-state index in [9.17, 15) is 0 Å². The van der Waals surface area contributed by atoms with Crippen LogP contribution in [0.3, 0.4) is 0 Å². The Morgan fingerprint density at radius 2 is 2.45 bits per heavy atom. The van der Waals surface area contributed by atoms with Crippen LogP contribution in [-0.2, 0) is 0 Å². The third-order valence-electron chi connectivity index (χ3n) is 1.24. The van der Waals surface area contributed by atoms with Gasteiger partial charge in [-0.1, -0.05) is 0 Å². The molecule has 0 aromatic carbocycles. The van der Waals surface area contributed by atoms with Crippen molar-refractivity contribution in [2.75, 3.05) is 0 Å². The maximum Gasteiger partial charge on any atom is 0.198 e. The highest BCUT2D eigenvalue weighted by atomic mass is 15.4. The lowest BCUT2D eigenvalue weighted by atomic mass is 10.4. The Morgan fingerprint density at radius 3 is 3.27 bits per heavy atom. The molecule has 2 heterocycles. The zero-order valence-corrected chi connectivity index (χ0v) is 5.34. The number of rotatable bonds is 0. The Labute approximate surface area is 61.1 Å². The molecule has 2 aromatic heterocycles. The van der Waals surface area contributed by atoms with Crippen molar-refractivity contribution in [3.05, 3.63) is 18.1 Å². The molecule has 0 bridgehead atoms. The molecule has 0 saturated heterocycles. The largest absolute Gasteiger partial charge is 0.199 e. The first-order valence-corrected chi connectivity index (χ1v) is 2.83. The summed E-state index contributed by atoms with van der Waals surface area (Å²) < 4.78 is 1.39. The van der Waals surface area contributed by atoms with Gasteiger partial charge in [0.15, 0.2) is 5.65 Å². The van der Waals surface area contributed by atoms with Crippen molar-refractivity contribution in [3.8, 4) is 6.07 Å². The fraction of sp³-hybridized carbons (Fsp3) is 0. The molecule has 0 aliphatic rings. The van der Waals surface area contributed by atoms with E-state index in [0.717, 1.165) is 0 Å². The SMILES string of the molecule is N#Cc1cnn2cnnnc12. The molecule has 11 heavy (non-hydrogen) atoms. The zero-order valence-electron chi connectivity index (χ0n) is 5.34. The van der Waals surface area contributed by atoms with Crippen molar-refractivity contribution < 1.29 is 0 Å². The molecule has 0 fully saturated rings. The Hall–Kier alpha value is -2.03. The van der Waals surface area contributed by atoms with Crippen molar-refractivity contribution >= 4 is 5.65 Å². The van der Waals surface area contributed by atoms with Crippen LogP contribution in [0.4, 0.5) is 0 Å². The third kappa shape index (κ3) is 0.712. The average molecular weight is 146 g/mol. The first-order chi connectivity index (χ1) is 5.42. The molecule has 52 valence electrons. The third-order valence-corrected chi connectivity index (χ3v) is 1.24. The topological polar surface area (TPSA) is 79.8 Å². The molecule has 0 amide bonds. The van der Waals surface area contributed by atoms with Gasteiger partial charge in [-0.15, -0.1) is 10.2 Å². The highest BCUT2D eigenvalue weighted by molar-refractivity contribution is 5.51. The standard InChI is InChI=1S/C5H2N6/c6-1-4-2-8-11-3-7-10-9-5(4)11/h2-3H. The maximum atomic E-state index is 8.53. The number of nitriles is 1. The van der Waals surface area contributed by atoms with Gasteiger partial charge in [-0.2, -0.15) is 14.9 Å². The van der Waals surface area contributed by atoms with Crippen LogP contribution in [0.25, 0.3) is 5.65 Å². The Morgan fingerprint density at radius 1 is 1.55 bits per heavy atom. The summed E-state index contributed by atoms with van der Waals surface area (Å²) in [6, 6.07) is 1.94. The first kappa shape index (κ1) is 5.73. The summed E-state index contributed by atoms with van der Waals surface area (Å²) in [6.07, 6.45) is 2.81. The van der Waals surface area contributed by atoms with Crippen molar-refractivity contribution in [1.29, 1.82) is 5.26 Å². The van der Waals surface area contributed by atoms with E-state index in [1.807, 2.05) is 6.07 Å². The summed E-state index contributed by atoms with van der Waals surface area (Å²) in [5.41, 5.74) is 0.836. The molecule has 0 saturated carbocycles. The molecule has 0 atom stereocenters. The van der Waals surface area contributed by atoms with Gasteiger partial charge in [-0.25, -0.2) is 0 Å². The van der Waals surface area contributed by atoms with E-state index >= 15 is 0 Å². The Kier molecular flexibility index (Phi) is 1.03. The van der Waals surface area contributed by atoms with Crippen LogP contribution in [0.2, 0.25) is 0 Å². The van der Waals surface area contributed by atoms with E-state index < -0.39 is 0 Å². The van der Waals surface area contributed by atoms with Crippen LogP contribution in [0.5, 0.6) is 0 Å². The second-order valence-corrected chi connectivity index (χ2v) is 1.86. The molecule has 2 aromatic rings. The summed E-state index contributed by atoms with van der Waals surface area (Å²) >= 11 is 0. The van der Waals surface area contributed by atoms with Crippen LogP contribution >= 0.6 is 0 Å². The van der Waals surface area contributed by atoms with Crippen molar-refractivity contribution in [1.82, 2.24) is 25.0 Å². The minimum atomic E-state index is 0.403. The van der Waals surface area contributed by atoms with E-state index in [0.29, 0.717) is 11.2 Å². The Bertz CT molecular complexity index is 424. The monoisotopic (exact) mass is 146 g/mol. The fourth-order valence-corrected chi connectivity index (χ4v) is 0.759. The zero-order chi connectivity index (χ0) is 7.68. The molecule has 0 spiro atoms. The lowest BCUT2D eigenvalue weighted by Crippen LogP contribution is -1.94. The summed E-state index contributed by atoms with van der Waals surface area (Å²) in [5, 5.41) is 22.9. The maximum absolute atomic E-state index is 8.53. The van der Waals surface area contributed by atoms with Gasteiger partial charge < -0.3 is 0 Å². The lowest BCUT2D eigenvalue weighted by Gasteiger charge is -1.84. The molecule has 0 N–H and O–H groups in total. The van der Waals surface area contributed by atoms with Crippen LogP contribution in [-0.4, -0.2) is 25.0 Å². The predicted octanol–water partition coefficient (Wildman–Crippen LogP) is -0.609. The molecule has 2 rings (SSSR count). The van der Waals surface area contributed by atoms with Crippen LogP contribution in [0.1, 0.15) is 5.56 Å². The quantitative estimate of drug-likeness (QED) is 0.495. The van der Waals surface area contributed by atoms with E-state index in [2.05, 4.69) is 20.5 Å². The number of nitrogens with zero attached hydrogens (tertiary/aromatic N) is 6. The van der Waals surface area contributed by atoms with Gasteiger partial charge in [0.2, 0.25) is 0 Å². The van der Waals surface area contributed by atoms with Crippen LogP contribution in [0.15, 0.2) is 12.5 Å². The fourth-order valence-electron chi connectivity index (χ4n) is 0.759. The average Bonchev–Trinajstić information content (AvgIpc) is 2.47. The van der Waals surface area contributed by atoms with Gasteiger partial charge in [0.05, 0.1) is 6.20 Å². The number of hydrogen-bond acceptors (Lipinski definition) is 5. The molecule has 0 aliphatic carbocycles. The molecule has 6 heteroatoms. The molecule has 0 unspecified atom stereocenters. The normalized spacial score (nSPS) is 9.73. The van der Waals surface area contributed by atoms with Crippen molar-refractivity contribution in [2.24, 2.45) is 0 Å². The van der Waals surface area contributed by atoms with Gasteiger partial charge in [-0.3, -0.25) is 0 Å².